The minimum atomic E-state index is 0.195. The van der Waals surface area contributed by atoms with Crippen LogP contribution in [0.2, 0.25) is 0 Å². The van der Waals surface area contributed by atoms with E-state index in [0.717, 1.165) is 12.3 Å². The van der Waals surface area contributed by atoms with Crippen molar-refractivity contribution in [1.29, 1.82) is 0 Å². The smallest absolute Gasteiger partial charge is 0.158 e. The van der Waals surface area contributed by atoms with Gasteiger partial charge in [0.1, 0.15) is 0 Å². The molecule has 0 amide bonds. The van der Waals surface area contributed by atoms with Crippen molar-refractivity contribution in [3.63, 3.8) is 0 Å². The third-order valence-corrected chi connectivity index (χ3v) is 2.73. The van der Waals surface area contributed by atoms with Crippen molar-refractivity contribution >= 4 is 0 Å². The second kappa shape index (κ2) is 2.58. The monoisotopic (exact) mass is 180 g/mol. The van der Waals surface area contributed by atoms with Gasteiger partial charge in [-0.05, 0) is 27.7 Å². The van der Waals surface area contributed by atoms with Crippen molar-refractivity contribution in [3.05, 3.63) is 17.5 Å². The number of fused-ring (bicyclic) bond motifs is 1. The van der Waals surface area contributed by atoms with Crippen LogP contribution in [-0.2, 0) is 6.54 Å². The highest BCUT2D eigenvalue weighted by Gasteiger charge is 2.36. The molecule has 1 aliphatic heterocycles. The number of aromatic nitrogens is 1. The molecule has 0 bridgehead atoms. The molecule has 0 aromatic carbocycles. The van der Waals surface area contributed by atoms with Gasteiger partial charge in [-0.3, -0.25) is 4.90 Å². The van der Waals surface area contributed by atoms with Crippen LogP contribution in [0.15, 0.2) is 10.7 Å². The molecule has 1 aromatic heterocycles. The molecule has 1 unspecified atom stereocenters. The van der Waals surface area contributed by atoms with Crippen LogP contribution >= 0.6 is 0 Å². The molecule has 0 fully saturated rings. The average Bonchev–Trinajstić information content (AvgIpc) is 2.51. The van der Waals surface area contributed by atoms with E-state index in [1.54, 1.807) is 0 Å². The summed E-state index contributed by atoms with van der Waals surface area (Å²) in [6, 6.07) is 0.359. The fourth-order valence-electron chi connectivity index (χ4n) is 2.01. The van der Waals surface area contributed by atoms with E-state index in [9.17, 15) is 0 Å². The molecule has 0 N–H and O–H groups in total. The van der Waals surface area contributed by atoms with Crippen LogP contribution < -0.4 is 0 Å². The Hall–Kier alpha value is -0.830. The zero-order valence-corrected chi connectivity index (χ0v) is 8.66. The predicted molar refractivity (Wildman–Crippen MR) is 50.2 cm³/mol. The maximum Gasteiger partial charge on any atom is 0.158 e. The van der Waals surface area contributed by atoms with Gasteiger partial charge in [0.05, 0.1) is 12.2 Å². The Kier molecular flexibility index (Phi) is 1.74. The molecule has 1 aromatic rings. The Morgan fingerprint density at radius 1 is 1.54 bits per heavy atom. The highest BCUT2D eigenvalue weighted by Crippen LogP contribution is 2.37. The summed E-state index contributed by atoms with van der Waals surface area (Å²) >= 11 is 0. The van der Waals surface area contributed by atoms with Crippen LogP contribution in [0.5, 0.6) is 0 Å². The molecular weight excluding hydrogens is 164 g/mol. The van der Waals surface area contributed by atoms with Crippen molar-refractivity contribution in [2.45, 2.75) is 45.8 Å². The number of hydrogen-bond acceptors (Lipinski definition) is 3. The second-order valence-electron chi connectivity index (χ2n) is 4.69. The molecule has 1 aliphatic rings. The summed E-state index contributed by atoms with van der Waals surface area (Å²) in [6.07, 6.45) is 1.83. The fraction of sp³-hybridized carbons (Fsp3) is 0.700. The Morgan fingerprint density at radius 3 is 2.77 bits per heavy atom. The van der Waals surface area contributed by atoms with Crippen LogP contribution in [0.1, 0.15) is 45.1 Å². The van der Waals surface area contributed by atoms with Crippen LogP contribution in [0.4, 0.5) is 0 Å². The minimum absolute atomic E-state index is 0.195. The maximum atomic E-state index is 5.22. The van der Waals surface area contributed by atoms with Crippen molar-refractivity contribution in [3.8, 4) is 0 Å². The van der Waals surface area contributed by atoms with E-state index in [-0.39, 0.29) is 5.54 Å². The van der Waals surface area contributed by atoms with E-state index in [0.29, 0.717) is 6.04 Å². The van der Waals surface area contributed by atoms with Gasteiger partial charge in [-0.1, -0.05) is 5.16 Å². The van der Waals surface area contributed by atoms with Crippen LogP contribution in [0.3, 0.4) is 0 Å². The van der Waals surface area contributed by atoms with Crippen molar-refractivity contribution in [2.75, 3.05) is 0 Å². The summed E-state index contributed by atoms with van der Waals surface area (Å²) in [6.45, 7) is 9.81. The van der Waals surface area contributed by atoms with Crippen molar-refractivity contribution < 1.29 is 4.52 Å². The molecule has 0 saturated heterocycles. The van der Waals surface area contributed by atoms with Gasteiger partial charge in [0, 0.05) is 17.6 Å². The molecule has 13 heavy (non-hydrogen) atoms. The van der Waals surface area contributed by atoms with E-state index in [1.165, 1.54) is 5.56 Å². The first-order valence-corrected chi connectivity index (χ1v) is 4.70. The quantitative estimate of drug-likeness (QED) is 0.613. The van der Waals surface area contributed by atoms with Crippen molar-refractivity contribution in [1.82, 2.24) is 10.1 Å². The van der Waals surface area contributed by atoms with E-state index in [4.69, 9.17) is 4.52 Å². The lowest BCUT2D eigenvalue weighted by Crippen LogP contribution is -2.39. The molecule has 72 valence electrons. The van der Waals surface area contributed by atoms with Gasteiger partial charge in [-0.15, -0.1) is 0 Å². The molecule has 1 atom stereocenters. The third kappa shape index (κ3) is 1.27. The first-order chi connectivity index (χ1) is 6.00. The molecule has 0 spiro atoms. The SMILES string of the molecule is CC1c2oncc2CN1C(C)(C)C. The Bertz CT molecular complexity index is 311. The zero-order chi connectivity index (χ0) is 9.64. The van der Waals surface area contributed by atoms with E-state index < -0.39 is 0 Å². The molecule has 3 heteroatoms. The summed E-state index contributed by atoms with van der Waals surface area (Å²) in [5, 5.41) is 3.81. The van der Waals surface area contributed by atoms with Crippen molar-refractivity contribution in [2.24, 2.45) is 0 Å². The topological polar surface area (TPSA) is 29.3 Å². The van der Waals surface area contributed by atoms with Gasteiger partial charge in [0.25, 0.3) is 0 Å². The standard InChI is InChI=1S/C10H16N2O/c1-7-9-8(5-11-13-9)6-12(7)10(2,3)4/h5,7H,6H2,1-4H3. The molecular formula is C10H16N2O. The van der Waals surface area contributed by atoms with Gasteiger partial charge >= 0.3 is 0 Å². The van der Waals surface area contributed by atoms with E-state index in [1.807, 2.05) is 6.20 Å². The third-order valence-electron chi connectivity index (χ3n) is 2.73. The summed E-state index contributed by atoms with van der Waals surface area (Å²) < 4.78 is 5.22. The molecule has 2 heterocycles. The van der Waals surface area contributed by atoms with Gasteiger partial charge < -0.3 is 4.52 Å². The summed E-state index contributed by atoms with van der Waals surface area (Å²) in [4.78, 5) is 2.42. The lowest BCUT2D eigenvalue weighted by Gasteiger charge is -2.34. The number of hydrogen-bond donors (Lipinski definition) is 0. The number of rotatable bonds is 0. The lowest BCUT2D eigenvalue weighted by atomic mass is 10.1. The molecule has 2 rings (SSSR count). The van der Waals surface area contributed by atoms with Crippen LogP contribution in [0.25, 0.3) is 0 Å². The maximum absolute atomic E-state index is 5.22. The minimum Gasteiger partial charge on any atom is -0.359 e. The van der Waals surface area contributed by atoms with Gasteiger partial charge in [-0.25, -0.2) is 0 Å². The fourth-order valence-corrected chi connectivity index (χ4v) is 2.01. The molecule has 0 saturated carbocycles. The van der Waals surface area contributed by atoms with E-state index in [2.05, 4.69) is 37.8 Å². The normalized spacial score (nSPS) is 23.5. The first kappa shape index (κ1) is 8.75. The van der Waals surface area contributed by atoms with Gasteiger partial charge in [-0.2, -0.15) is 0 Å². The molecule has 0 aliphatic carbocycles. The Morgan fingerprint density at radius 2 is 2.23 bits per heavy atom. The number of nitrogens with zero attached hydrogens (tertiary/aromatic N) is 2. The summed E-state index contributed by atoms with van der Waals surface area (Å²) in [5.74, 6) is 1.04. The highest BCUT2D eigenvalue weighted by atomic mass is 16.5. The average molecular weight is 180 g/mol. The second-order valence-corrected chi connectivity index (χ2v) is 4.69. The van der Waals surface area contributed by atoms with Gasteiger partial charge in [0.2, 0.25) is 0 Å². The summed E-state index contributed by atoms with van der Waals surface area (Å²) in [7, 11) is 0. The van der Waals surface area contributed by atoms with Crippen LogP contribution in [0, 0.1) is 0 Å². The largest absolute Gasteiger partial charge is 0.359 e. The zero-order valence-electron chi connectivity index (χ0n) is 8.66. The predicted octanol–water partition coefficient (Wildman–Crippen LogP) is 2.35. The Labute approximate surface area is 78.7 Å². The lowest BCUT2D eigenvalue weighted by molar-refractivity contribution is 0.0875. The van der Waals surface area contributed by atoms with Gasteiger partial charge in [0.15, 0.2) is 5.76 Å². The molecule has 3 nitrogen and oxygen atoms in total. The highest BCUT2D eigenvalue weighted by molar-refractivity contribution is 5.22. The summed E-state index contributed by atoms with van der Waals surface area (Å²) in [5.41, 5.74) is 1.43. The first-order valence-electron chi connectivity index (χ1n) is 4.70. The van der Waals surface area contributed by atoms with Crippen LogP contribution in [-0.4, -0.2) is 15.6 Å². The molecule has 0 radical (unpaired) electrons. The Balaban J connectivity index is 2.29. The van der Waals surface area contributed by atoms with E-state index >= 15 is 0 Å².